The van der Waals surface area contributed by atoms with Gasteiger partial charge in [0.2, 0.25) is 6.20 Å². The van der Waals surface area contributed by atoms with Crippen LogP contribution in [0.5, 0.6) is 5.75 Å². The summed E-state index contributed by atoms with van der Waals surface area (Å²) in [7, 11) is -6.67. The Labute approximate surface area is 279 Å². The van der Waals surface area contributed by atoms with Crippen molar-refractivity contribution in [2.24, 2.45) is 17.9 Å². The zero-order chi connectivity index (χ0) is 35.4. The van der Waals surface area contributed by atoms with Crippen LogP contribution >= 0.6 is 18.9 Å². The molecule has 2 amide bonds. The van der Waals surface area contributed by atoms with E-state index in [0.29, 0.717) is 17.4 Å². The first-order valence-corrected chi connectivity index (χ1v) is 18.0. The van der Waals surface area contributed by atoms with Crippen molar-refractivity contribution >= 4 is 52.0 Å². The predicted molar refractivity (Wildman–Crippen MR) is 170 cm³/mol. The molecular formula is C26H36N8O11PS2+. The van der Waals surface area contributed by atoms with Crippen LogP contribution in [0.4, 0.5) is 5.13 Å². The van der Waals surface area contributed by atoms with Gasteiger partial charge < -0.3 is 35.8 Å². The molecule has 4 rings (SSSR count). The van der Waals surface area contributed by atoms with Crippen LogP contribution in [-0.2, 0) is 51.8 Å². The molecule has 19 nitrogen and oxygen atoms in total. The Morgan fingerprint density at radius 2 is 1.98 bits per heavy atom. The molecule has 0 bridgehead atoms. The van der Waals surface area contributed by atoms with Crippen LogP contribution in [0.25, 0.3) is 11.1 Å². The monoisotopic (exact) mass is 731 g/mol. The van der Waals surface area contributed by atoms with Gasteiger partial charge in [-0.2, -0.15) is 18.2 Å². The molecule has 262 valence electrons. The van der Waals surface area contributed by atoms with E-state index in [1.54, 1.807) is 24.3 Å². The lowest BCUT2D eigenvalue weighted by Gasteiger charge is -2.50. The molecule has 1 aliphatic rings. The van der Waals surface area contributed by atoms with Gasteiger partial charge in [0, 0.05) is 12.5 Å². The highest BCUT2D eigenvalue weighted by Crippen LogP contribution is 2.47. The molecular weight excluding hydrogens is 695 g/mol. The van der Waals surface area contributed by atoms with E-state index in [-0.39, 0.29) is 10.8 Å². The first-order chi connectivity index (χ1) is 22.5. The Balaban J connectivity index is 1.50. The third kappa shape index (κ3) is 8.55. The standard InChI is InChI=1S/C26H35N8O11PS2/c1-26(2)22(24(36)34(26)45-48(39,40)41)30-23(35)21(19-15-47-25(28)29-19)31-44-20(46(37,38)42-4)14-43-18-8-6-16(7-9-18)17-12-32(3)33(13-17)11-5-10-27/h6-9,12-13,15,20,22H,5,10-11,14,27H2,1-4H3,(H4-,28,29,30,35,37,38,39,40,41)/p+1/b31-21-/t20?,22-/m1/s1. The topological polar surface area (TPSA) is 264 Å². The molecule has 0 aliphatic carbocycles. The average molecular weight is 732 g/mol. The molecule has 1 saturated heterocycles. The van der Waals surface area contributed by atoms with E-state index in [4.69, 9.17) is 30.1 Å². The highest BCUT2D eigenvalue weighted by atomic mass is 32.3. The first-order valence-electron chi connectivity index (χ1n) is 14.1. The fraction of sp³-hybridized carbons (Fsp3) is 0.423. The molecule has 2 unspecified atom stereocenters. The van der Waals surface area contributed by atoms with Crippen LogP contribution in [-0.4, -0.2) is 87.8 Å². The quantitative estimate of drug-likeness (QED) is 0.0328. The van der Waals surface area contributed by atoms with E-state index < -0.39 is 59.6 Å². The predicted octanol–water partition coefficient (Wildman–Crippen LogP) is 0.165. The van der Waals surface area contributed by atoms with Crippen molar-refractivity contribution in [2.45, 2.75) is 44.2 Å². The molecule has 0 spiro atoms. The number of hydroxylamine groups is 2. The number of oxime groups is 1. The number of aromatic nitrogens is 3. The summed E-state index contributed by atoms with van der Waals surface area (Å²) >= 11 is 0.952. The number of aryl methyl sites for hydroxylation is 2. The normalized spacial score (nSPS) is 18.1. The van der Waals surface area contributed by atoms with Crippen LogP contribution in [0.15, 0.2) is 47.2 Å². The van der Waals surface area contributed by atoms with E-state index in [1.165, 1.54) is 19.2 Å². The Morgan fingerprint density at radius 1 is 1.29 bits per heavy atom. The van der Waals surface area contributed by atoms with Crippen molar-refractivity contribution in [2.75, 3.05) is 26.0 Å². The van der Waals surface area contributed by atoms with Gasteiger partial charge in [-0.15, -0.1) is 20.3 Å². The minimum atomic E-state index is -5.03. The number of nitrogens with two attached hydrogens (primary N) is 2. The third-order valence-corrected chi connectivity index (χ3v) is 9.69. The second kappa shape index (κ2) is 14.7. The number of β-lactam (4-membered cyclic amide) rings is 1. The largest absolute Gasteiger partial charge is 0.489 e. The van der Waals surface area contributed by atoms with Gasteiger partial charge >= 0.3 is 18.0 Å². The third-order valence-electron chi connectivity index (χ3n) is 7.18. The SMILES string of the molecule is COP(=O)(O)C(COc1ccc(-c2cn(CCCN)[n+](C)c2)cc1)O/N=C(\C(=O)N[C@@H]1C(=O)N(OS(=O)(=O)O)C1(C)C)c1csc(N)n1. The van der Waals surface area contributed by atoms with Crippen LogP contribution < -0.4 is 26.2 Å². The number of ether oxygens (including phenoxy) is 1. The number of hydrogen-bond acceptors (Lipinski definition) is 14. The lowest BCUT2D eigenvalue weighted by atomic mass is 9.84. The molecule has 1 fully saturated rings. The highest BCUT2D eigenvalue weighted by Gasteiger charge is 2.58. The summed E-state index contributed by atoms with van der Waals surface area (Å²) in [5.41, 5.74) is 11.1. The summed E-state index contributed by atoms with van der Waals surface area (Å²) in [5, 5.41) is 7.93. The van der Waals surface area contributed by atoms with Crippen LogP contribution in [0.2, 0.25) is 0 Å². The molecule has 0 saturated carbocycles. The first kappa shape index (κ1) is 36.9. The van der Waals surface area contributed by atoms with Gasteiger partial charge in [-0.3, -0.25) is 18.7 Å². The van der Waals surface area contributed by atoms with Crippen molar-refractivity contribution in [3.63, 3.8) is 0 Å². The number of carbonyl (C=O) groups is 2. The number of anilines is 1. The van der Waals surface area contributed by atoms with E-state index >= 15 is 0 Å². The van der Waals surface area contributed by atoms with Gasteiger partial charge in [0.15, 0.2) is 17.9 Å². The minimum absolute atomic E-state index is 0.0483. The summed E-state index contributed by atoms with van der Waals surface area (Å²) in [4.78, 5) is 45.7. The molecule has 0 radical (unpaired) electrons. The number of hydrogen-bond donors (Lipinski definition) is 5. The maximum atomic E-state index is 13.3. The molecule has 22 heteroatoms. The molecule has 3 atom stereocenters. The van der Waals surface area contributed by atoms with Crippen molar-refractivity contribution in [3.05, 3.63) is 47.7 Å². The second-order valence-electron chi connectivity index (χ2n) is 10.9. The maximum absolute atomic E-state index is 13.3. The number of rotatable bonds is 16. The van der Waals surface area contributed by atoms with E-state index in [0.717, 1.165) is 42.5 Å². The van der Waals surface area contributed by atoms with Gasteiger partial charge in [0.1, 0.15) is 24.1 Å². The number of nitrogen functional groups attached to an aromatic ring is 1. The average Bonchev–Trinajstić information content (AvgIpc) is 3.63. The van der Waals surface area contributed by atoms with Gasteiger partial charge in [-0.05, 0) is 44.5 Å². The molecule has 48 heavy (non-hydrogen) atoms. The number of thiazole rings is 1. The fourth-order valence-corrected chi connectivity index (χ4v) is 6.20. The summed E-state index contributed by atoms with van der Waals surface area (Å²) < 4.78 is 62.8. The smallest absolute Gasteiger partial charge is 0.418 e. The van der Waals surface area contributed by atoms with E-state index in [9.17, 15) is 27.5 Å². The fourth-order valence-electron chi connectivity index (χ4n) is 4.53. The zero-order valence-electron chi connectivity index (χ0n) is 26.2. The Bertz CT molecular complexity index is 1830. The lowest BCUT2D eigenvalue weighted by Crippen LogP contribution is -2.76. The van der Waals surface area contributed by atoms with Crippen LogP contribution in [0.1, 0.15) is 26.0 Å². The molecule has 2 aromatic heterocycles. The summed E-state index contributed by atoms with van der Waals surface area (Å²) in [6, 6.07) is 5.59. The Morgan fingerprint density at radius 3 is 2.54 bits per heavy atom. The number of nitrogens with one attached hydrogen (secondary N) is 1. The van der Waals surface area contributed by atoms with Crippen molar-refractivity contribution in [1.82, 2.24) is 20.0 Å². The number of amides is 2. The van der Waals surface area contributed by atoms with Crippen molar-refractivity contribution in [3.8, 4) is 16.9 Å². The van der Waals surface area contributed by atoms with Crippen LogP contribution in [0.3, 0.4) is 0 Å². The van der Waals surface area contributed by atoms with Gasteiger partial charge in [0.25, 0.3) is 17.7 Å². The van der Waals surface area contributed by atoms with Gasteiger partial charge in [-0.1, -0.05) is 17.3 Å². The number of benzene rings is 1. The molecule has 1 aliphatic heterocycles. The highest BCUT2D eigenvalue weighted by molar-refractivity contribution is 7.80. The number of carbonyl (C=O) groups excluding carboxylic acids is 2. The van der Waals surface area contributed by atoms with Crippen LogP contribution in [0, 0.1) is 0 Å². The number of nitrogens with zero attached hydrogens (tertiary/aromatic N) is 5. The zero-order valence-corrected chi connectivity index (χ0v) is 28.8. The van der Waals surface area contributed by atoms with E-state index in [1.807, 2.05) is 28.8 Å². The molecule has 1 aromatic carbocycles. The summed E-state index contributed by atoms with van der Waals surface area (Å²) in [6.07, 6.45) is 4.78. The molecule has 3 heterocycles. The summed E-state index contributed by atoms with van der Waals surface area (Å²) in [6.45, 7) is 3.51. The Kier molecular flexibility index (Phi) is 11.3. The summed E-state index contributed by atoms with van der Waals surface area (Å²) in [5.74, 6) is -3.45. The van der Waals surface area contributed by atoms with Crippen molar-refractivity contribution in [1.29, 1.82) is 0 Å². The van der Waals surface area contributed by atoms with E-state index in [2.05, 4.69) is 19.7 Å². The Hall–Kier alpha value is -3.95. The maximum Gasteiger partial charge on any atom is 0.418 e. The van der Waals surface area contributed by atoms with Gasteiger partial charge in [-0.25, -0.2) is 4.98 Å². The minimum Gasteiger partial charge on any atom is -0.489 e. The van der Waals surface area contributed by atoms with Crippen molar-refractivity contribution < 1.29 is 55.1 Å². The van der Waals surface area contributed by atoms with Gasteiger partial charge in [0.05, 0.1) is 23.8 Å². The second-order valence-corrected chi connectivity index (χ2v) is 14.9. The lowest BCUT2D eigenvalue weighted by molar-refractivity contribution is -0.753. The molecule has 7 N–H and O–H groups in total. The molecule has 3 aromatic rings.